The lowest BCUT2D eigenvalue weighted by Gasteiger charge is -2.36. The molecule has 13 heteroatoms. The summed E-state index contributed by atoms with van der Waals surface area (Å²) in [5, 5.41) is 28.8. The van der Waals surface area contributed by atoms with Gasteiger partial charge in [0.05, 0.1) is 12.6 Å². The Labute approximate surface area is 223 Å². The van der Waals surface area contributed by atoms with Crippen molar-refractivity contribution in [1.29, 1.82) is 0 Å². The summed E-state index contributed by atoms with van der Waals surface area (Å²) >= 11 is 6.14. The second-order valence-corrected chi connectivity index (χ2v) is 9.85. The third-order valence-electron chi connectivity index (χ3n) is 7.08. The van der Waals surface area contributed by atoms with Crippen molar-refractivity contribution >= 4 is 17.3 Å². The topological polar surface area (TPSA) is 101 Å². The van der Waals surface area contributed by atoms with Gasteiger partial charge in [-0.05, 0) is 41.6 Å². The molecule has 0 aliphatic carbocycles. The molecule has 2 aromatic carbocycles. The summed E-state index contributed by atoms with van der Waals surface area (Å²) in [6.07, 6.45) is 3.27. The Bertz CT molecular complexity index is 1360. The van der Waals surface area contributed by atoms with Crippen molar-refractivity contribution in [2.45, 2.75) is 31.5 Å². The van der Waals surface area contributed by atoms with Crippen molar-refractivity contribution in [1.82, 2.24) is 39.9 Å². The van der Waals surface area contributed by atoms with Gasteiger partial charge in [0, 0.05) is 61.5 Å². The van der Waals surface area contributed by atoms with Crippen molar-refractivity contribution < 1.29 is 13.9 Å². The van der Waals surface area contributed by atoms with Gasteiger partial charge in [0.2, 0.25) is 0 Å². The van der Waals surface area contributed by atoms with Gasteiger partial charge in [-0.2, -0.15) is 5.10 Å². The molecule has 1 fully saturated rings. The molecule has 1 aliphatic heterocycles. The summed E-state index contributed by atoms with van der Waals surface area (Å²) in [4.78, 5) is 8.54. The van der Waals surface area contributed by atoms with Gasteiger partial charge in [0.25, 0.3) is 0 Å². The molecule has 10 nitrogen and oxygen atoms in total. The maximum atomic E-state index is 14.9. The minimum atomic E-state index is -1.85. The van der Waals surface area contributed by atoms with E-state index in [-0.39, 0.29) is 12.1 Å². The van der Waals surface area contributed by atoms with E-state index in [9.17, 15) is 13.9 Å². The van der Waals surface area contributed by atoms with Gasteiger partial charge < -0.3 is 10.0 Å². The van der Waals surface area contributed by atoms with Crippen molar-refractivity contribution in [2.24, 2.45) is 0 Å². The van der Waals surface area contributed by atoms with Gasteiger partial charge in [-0.1, -0.05) is 23.7 Å². The van der Waals surface area contributed by atoms with Gasteiger partial charge >= 0.3 is 0 Å². The van der Waals surface area contributed by atoms with Crippen molar-refractivity contribution in [2.75, 3.05) is 37.6 Å². The van der Waals surface area contributed by atoms with E-state index in [0.29, 0.717) is 18.8 Å². The first kappa shape index (κ1) is 26.1. The van der Waals surface area contributed by atoms with Crippen molar-refractivity contribution in [3.05, 3.63) is 83.2 Å². The lowest BCUT2D eigenvalue weighted by molar-refractivity contribution is -0.0384. The normalized spacial score (nSPS) is 16.9. The van der Waals surface area contributed by atoms with Crippen LogP contribution in [0.2, 0.25) is 5.02 Å². The maximum Gasteiger partial charge on any atom is 0.153 e. The van der Waals surface area contributed by atoms with E-state index < -0.39 is 23.3 Å². The van der Waals surface area contributed by atoms with Crippen LogP contribution in [0.1, 0.15) is 24.4 Å². The molecule has 4 aromatic rings. The lowest BCUT2D eigenvalue weighted by Crippen LogP contribution is -2.47. The highest BCUT2D eigenvalue weighted by Crippen LogP contribution is 2.36. The zero-order valence-corrected chi connectivity index (χ0v) is 21.6. The fourth-order valence-electron chi connectivity index (χ4n) is 4.88. The molecule has 200 valence electrons. The molecule has 0 spiro atoms. The molecule has 0 amide bonds. The Morgan fingerprint density at radius 1 is 1.11 bits per heavy atom. The maximum absolute atomic E-state index is 14.9. The molecule has 2 aromatic heterocycles. The number of rotatable bonds is 9. The lowest BCUT2D eigenvalue weighted by atomic mass is 9.86. The molecular formula is C25H28ClF2N9O. The quantitative estimate of drug-likeness (QED) is 0.344. The molecule has 38 heavy (non-hydrogen) atoms. The molecule has 1 aliphatic rings. The summed E-state index contributed by atoms with van der Waals surface area (Å²) < 4.78 is 31.5. The Morgan fingerprint density at radius 3 is 2.63 bits per heavy atom. The number of piperazine rings is 1. The summed E-state index contributed by atoms with van der Waals surface area (Å²) in [5.41, 5.74) is -0.826. The Kier molecular flexibility index (Phi) is 7.63. The summed E-state index contributed by atoms with van der Waals surface area (Å²) in [6, 6.07) is 10.1. The van der Waals surface area contributed by atoms with E-state index in [1.807, 2.05) is 18.2 Å². The predicted molar refractivity (Wildman–Crippen MR) is 137 cm³/mol. The molecule has 0 saturated carbocycles. The third-order valence-corrected chi connectivity index (χ3v) is 7.32. The van der Waals surface area contributed by atoms with E-state index in [1.165, 1.54) is 28.1 Å². The third kappa shape index (κ3) is 5.52. The first-order chi connectivity index (χ1) is 18.3. The standard InChI is InChI=1S/C25H28ClF2N9O/c1-18(25(38,15-36-17-29-16-30-36)22-6-5-20(27)14-23(22)28)37-24(31-32-33-37)7-8-34-9-11-35(12-10-34)21-4-2-3-19(26)13-21/h2-6,13-14,16-18,38H,7-12,15H2,1H3. The highest BCUT2D eigenvalue weighted by Gasteiger charge is 2.42. The number of hydrogen-bond acceptors (Lipinski definition) is 8. The molecule has 0 bridgehead atoms. The summed E-state index contributed by atoms with van der Waals surface area (Å²) in [5.74, 6) is -1.05. The van der Waals surface area contributed by atoms with Crippen LogP contribution in [0.5, 0.6) is 0 Å². The number of halogens is 3. The van der Waals surface area contributed by atoms with Crippen LogP contribution in [0.15, 0.2) is 55.1 Å². The minimum absolute atomic E-state index is 0.0829. The van der Waals surface area contributed by atoms with Crippen LogP contribution in [-0.4, -0.2) is 77.7 Å². The molecular weight excluding hydrogens is 516 g/mol. The second-order valence-electron chi connectivity index (χ2n) is 9.42. The Hall–Kier alpha value is -3.48. The number of benzene rings is 2. The van der Waals surface area contributed by atoms with Gasteiger partial charge in [0.15, 0.2) is 5.82 Å². The number of nitrogens with zero attached hydrogens (tertiary/aromatic N) is 9. The second kappa shape index (κ2) is 11.1. The molecule has 1 saturated heterocycles. The highest BCUT2D eigenvalue weighted by molar-refractivity contribution is 6.30. The van der Waals surface area contributed by atoms with E-state index in [4.69, 9.17) is 11.6 Å². The molecule has 0 radical (unpaired) electrons. The van der Waals surface area contributed by atoms with Crippen LogP contribution in [0.4, 0.5) is 14.5 Å². The van der Waals surface area contributed by atoms with E-state index in [1.54, 1.807) is 6.92 Å². The average Bonchev–Trinajstić information content (AvgIpc) is 3.59. The van der Waals surface area contributed by atoms with Crippen LogP contribution in [0, 0.1) is 11.6 Å². The van der Waals surface area contributed by atoms with Gasteiger partial charge in [0.1, 0.15) is 29.9 Å². The van der Waals surface area contributed by atoms with Gasteiger partial charge in [-0.3, -0.25) is 4.90 Å². The van der Waals surface area contributed by atoms with E-state index in [0.717, 1.165) is 49.0 Å². The number of aliphatic hydroxyl groups is 1. The largest absolute Gasteiger partial charge is 0.381 e. The predicted octanol–water partition coefficient (Wildman–Crippen LogP) is 2.71. The number of hydrogen-bond donors (Lipinski definition) is 1. The van der Waals surface area contributed by atoms with Crippen LogP contribution < -0.4 is 4.90 Å². The molecule has 2 atom stereocenters. The first-order valence-corrected chi connectivity index (χ1v) is 12.7. The molecule has 5 rings (SSSR count). The van der Waals surface area contributed by atoms with E-state index >= 15 is 0 Å². The number of tetrazole rings is 1. The monoisotopic (exact) mass is 543 g/mol. The van der Waals surface area contributed by atoms with Crippen LogP contribution in [0.25, 0.3) is 0 Å². The fraction of sp³-hybridized carbons (Fsp3) is 0.400. The number of anilines is 1. The van der Waals surface area contributed by atoms with E-state index in [2.05, 4.69) is 41.5 Å². The SMILES string of the molecule is CC(n1nnnc1CCN1CCN(c2cccc(Cl)c2)CC1)C(O)(Cn1cncn1)c1ccc(F)cc1F. The Morgan fingerprint density at radius 2 is 1.92 bits per heavy atom. The fourth-order valence-corrected chi connectivity index (χ4v) is 5.07. The molecule has 1 N–H and O–H groups in total. The van der Waals surface area contributed by atoms with Crippen molar-refractivity contribution in [3.8, 4) is 0 Å². The van der Waals surface area contributed by atoms with Crippen LogP contribution in [0.3, 0.4) is 0 Å². The summed E-state index contributed by atoms with van der Waals surface area (Å²) in [7, 11) is 0. The molecule has 2 unspecified atom stereocenters. The number of aromatic nitrogens is 7. The average molecular weight is 544 g/mol. The van der Waals surface area contributed by atoms with Gasteiger partial charge in [-0.15, -0.1) is 5.10 Å². The zero-order chi connectivity index (χ0) is 26.7. The first-order valence-electron chi connectivity index (χ1n) is 12.3. The van der Waals surface area contributed by atoms with Crippen LogP contribution >= 0.6 is 11.6 Å². The van der Waals surface area contributed by atoms with Crippen molar-refractivity contribution in [3.63, 3.8) is 0 Å². The van der Waals surface area contributed by atoms with Crippen LogP contribution in [-0.2, 0) is 18.6 Å². The highest BCUT2D eigenvalue weighted by atomic mass is 35.5. The smallest absolute Gasteiger partial charge is 0.153 e. The summed E-state index contributed by atoms with van der Waals surface area (Å²) in [6.45, 7) is 5.72. The zero-order valence-electron chi connectivity index (χ0n) is 20.8. The minimum Gasteiger partial charge on any atom is -0.381 e. The Balaban J connectivity index is 1.30. The van der Waals surface area contributed by atoms with Gasteiger partial charge in [-0.25, -0.2) is 23.1 Å². The molecule has 3 heterocycles.